The molecule has 1 aliphatic rings. The minimum absolute atomic E-state index is 0.100. The molecule has 3 aromatic rings. The molecule has 1 aromatic carbocycles. The van der Waals surface area contributed by atoms with Crippen LogP contribution in [0.3, 0.4) is 0 Å². The van der Waals surface area contributed by atoms with Crippen LogP contribution in [0.1, 0.15) is 24.0 Å². The van der Waals surface area contributed by atoms with E-state index in [2.05, 4.69) is 43.7 Å². The topological polar surface area (TPSA) is 83.6 Å². The number of pyridine rings is 1. The summed E-state index contributed by atoms with van der Waals surface area (Å²) in [5, 5.41) is 9.55. The summed E-state index contributed by atoms with van der Waals surface area (Å²) in [5.74, 6) is 0.701. The number of anilines is 1. The summed E-state index contributed by atoms with van der Waals surface area (Å²) >= 11 is 0. The molecular weight excluding hydrogens is 314 g/mol. The number of aromatic amines is 1. The van der Waals surface area contributed by atoms with Gasteiger partial charge in [0.25, 0.3) is 0 Å². The van der Waals surface area contributed by atoms with Crippen molar-refractivity contribution in [1.29, 1.82) is 0 Å². The van der Waals surface area contributed by atoms with Gasteiger partial charge in [-0.05, 0) is 41.7 Å². The number of carbonyl (C=O) groups is 1. The molecule has 2 heterocycles. The highest BCUT2D eigenvalue weighted by atomic mass is 16.1. The molecule has 2 aromatic heterocycles. The third-order valence-corrected chi connectivity index (χ3v) is 4.20. The van der Waals surface area contributed by atoms with Gasteiger partial charge in [0.15, 0.2) is 5.82 Å². The summed E-state index contributed by atoms with van der Waals surface area (Å²) in [5.41, 5.74) is 4.50. The average Bonchev–Trinajstić information content (AvgIpc) is 3.28. The molecule has 0 radical (unpaired) electrons. The maximum absolute atomic E-state index is 12.2. The van der Waals surface area contributed by atoms with Crippen molar-refractivity contribution < 1.29 is 4.79 Å². The first-order chi connectivity index (χ1) is 12.3. The van der Waals surface area contributed by atoms with Crippen molar-refractivity contribution >= 4 is 17.4 Å². The van der Waals surface area contributed by atoms with E-state index in [4.69, 9.17) is 0 Å². The lowest BCUT2D eigenvalue weighted by atomic mass is 10.0. The third-order valence-electron chi connectivity index (χ3n) is 4.20. The zero-order valence-corrected chi connectivity index (χ0v) is 13.6. The van der Waals surface area contributed by atoms with E-state index in [0.29, 0.717) is 24.4 Å². The first-order valence-corrected chi connectivity index (χ1v) is 8.20. The van der Waals surface area contributed by atoms with Gasteiger partial charge in [0.1, 0.15) is 5.69 Å². The Labute approximate surface area is 145 Å². The molecule has 0 fully saturated rings. The number of nitrogens with zero attached hydrogens (tertiary/aromatic N) is 3. The molecule has 2 N–H and O–H groups in total. The van der Waals surface area contributed by atoms with Gasteiger partial charge in [-0.3, -0.25) is 20.2 Å². The second-order valence-corrected chi connectivity index (χ2v) is 5.86. The Hall–Kier alpha value is -3.28. The number of hydrogen-bond acceptors (Lipinski definition) is 4. The van der Waals surface area contributed by atoms with Crippen molar-refractivity contribution in [3.8, 4) is 11.5 Å². The summed E-state index contributed by atoms with van der Waals surface area (Å²) in [4.78, 5) is 20.6. The maximum atomic E-state index is 12.2. The van der Waals surface area contributed by atoms with Crippen LogP contribution in [0.4, 0.5) is 5.95 Å². The largest absolute Gasteiger partial charge is 0.293 e. The minimum Gasteiger partial charge on any atom is -0.293 e. The molecule has 0 unspecified atom stereocenters. The molecule has 0 bridgehead atoms. The van der Waals surface area contributed by atoms with Crippen molar-refractivity contribution in [2.45, 2.75) is 19.3 Å². The van der Waals surface area contributed by atoms with E-state index in [1.807, 2.05) is 30.3 Å². The summed E-state index contributed by atoms with van der Waals surface area (Å²) in [6.07, 6.45) is 5.93. The van der Waals surface area contributed by atoms with E-state index in [1.54, 1.807) is 6.20 Å². The van der Waals surface area contributed by atoms with Gasteiger partial charge < -0.3 is 0 Å². The van der Waals surface area contributed by atoms with E-state index in [0.717, 1.165) is 6.42 Å². The van der Waals surface area contributed by atoms with Gasteiger partial charge in [0.2, 0.25) is 11.9 Å². The number of fused-ring (bicyclic) bond motifs is 1. The fourth-order valence-corrected chi connectivity index (χ4v) is 2.96. The number of aromatic nitrogens is 4. The SMILES string of the molecule is O=C(CCC1=CCc2ccccc21)Nc1n[nH]c(-c2ccccn2)n1. The fraction of sp³-hybridized carbons (Fsp3) is 0.158. The van der Waals surface area contributed by atoms with Gasteiger partial charge in [-0.15, -0.1) is 5.10 Å². The number of rotatable bonds is 5. The van der Waals surface area contributed by atoms with E-state index < -0.39 is 0 Å². The molecule has 0 atom stereocenters. The Balaban J connectivity index is 1.35. The van der Waals surface area contributed by atoms with Gasteiger partial charge in [-0.2, -0.15) is 4.98 Å². The predicted octanol–water partition coefficient (Wildman–Crippen LogP) is 3.23. The number of H-pyrrole nitrogens is 1. The van der Waals surface area contributed by atoms with Gasteiger partial charge in [0, 0.05) is 12.6 Å². The number of carbonyl (C=O) groups excluding carboxylic acids is 1. The van der Waals surface area contributed by atoms with Crippen LogP contribution in [0.2, 0.25) is 0 Å². The summed E-state index contributed by atoms with van der Waals surface area (Å²) in [6, 6.07) is 13.9. The van der Waals surface area contributed by atoms with Gasteiger partial charge in [0.05, 0.1) is 0 Å². The van der Waals surface area contributed by atoms with Crippen molar-refractivity contribution in [3.05, 3.63) is 65.9 Å². The van der Waals surface area contributed by atoms with Crippen LogP contribution >= 0.6 is 0 Å². The Morgan fingerprint density at radius 2 is 2.04 bits per heavy atom. The standard InChI is InChI=1S/C19H17N5O/c25-17(11-10-14-9-8-13-5-1-2-6-15(13)14)21-19-22-18(23-24-19)16-7-3-4-12-20-16/h1-7,9,12H,8,10-11H2,(H2,21,22,23,24,25). The normalized spacial score (nSPS) is 12.6. The van der Waals surface area contributed by atoms with Crippen LogP contribution in [-0.4, -0.2) is 26.1 Å². The van der Waals surface area contributed by atoms with E-state index in [1.165, 1.54) is 16.7 Å². The summed E-state index contributed by atoms with van der Waals surface area (Å²) < 4.78 is 0. The van der Waals surface area contributed by atoms with Crippen LogP contribution in [-0.2, 0) is 11.2 Å². The van der Waals surface area contributed by atoms with Crippen molar-refractivity contribution in [2.75, 3.05) is 5.32 Å². The minimum atomic E-state index is -0.100. The molecule has 0 spiro atoms. The molecule has 0 saturated heterocycles. The Morgan fingerprint density at radius 3 is 2.92 bits per heavy atom. The number of allylic oxidation sites excluding steroid dienone is 2. The lowest BCUT2D eigenvalue weighted by Crippen LogP contribution is -2.12. The summed E-state index contributed by atoms with van der Waals surface area (Å²) in [7, 11) is 0. The second kappa shape index (κ2) is 6.68. The Morgan fingerprint density at radius 1 is 1.16 bits per heavy atom. The zero-order chi connectivity index (χ0) is 17.1. The van der Waals surface area contributed by atoms with Gasteiger partial charge in [-0.25, -0.2) is 0 Å². The lowest BCUT2D eigenvalue weighted by Gasteiger charge is -2.05. The molecular formula is C19H17N5O. The van der Waals surface area contributed by atoms with Gasteiger partial charge >= 0.3 is 0 Å². The van der Waals surface area contributed by atoms with Crippen LogP contribution in [0.25, 0.3) is 17.1 Å². The van der Waals surface area contributed by atoms with Crippen molar-refractivity contribution in [3.63, 3.8) is 0 Å². The van der Waals surface area contributed by atoms with Crippen LogP contribution in [0.5, 0.6) is 0 Å². The Bertz CT molecular complexity index is 930. The van der Waals surface area contributed by atoms with Crippen molar-refractivity contribution in [1.82, 2.24) is 20.2 Å². The lowest BCUT2D eigenvalue weighted by molar-refractivity contribution is -0.116. The van der Waals surface area contributed by atoms with E-state index in [-0.39, 0.29) is 11.9 Å². The van der Waals surface area contributed by atoms with Crippen molar-refractivity contribution in [2.24, 2.45) is 0 Å². The molecule has 4 rings (SSSR count). The molecule has 1 amide bonds. The number of nitrogens with one attached hydrogen (secondary N) is 2. The molecule has 124 valence electrons. The second-order valence-electron chi connectivity index (χ2n) is 5.86. The quantitative estimate of drug-likeness (QED) is 0.752. The smallest absolute Gasteiger partial charge is 0.249 e. The Kier molecular flexibility index (Phi) is 4.08. The number of hydrogen-bond donors (Lipinski definition) is 2. The molecule has 6 heteroatoms. The van der Waals surface area contributed by atoms with Crippen LogP contribution < -0.4 is 5.32 Å². The van der Waals surface area contributed by atoms with Crippen LogP contribution in [0.15, 0.2) is 54.7 Å². The first-order valence-electron chi connectivity index (χ1n) is 8.20. The average molecular weight is 331 g/mol. The highest BCUT2D eigenvalue weighted by Crippen LogP contribution is 2.30. The molecule has 25 heavy (non-hydrogen) atoms. The third kappa shape index (κ3) is 3.33. The fourth-order valence-electron chi connectivity index (χ4n) is 2.96. The highest BCUT2D eigenvalue weighted by molar-refractivity contribution is 5.90. The number of amides is 1. The van der Waals surface area contributed by atoms with Crippen LogP contribution in [0, 0.1) is 0 Å². The molecule has 6 nitrogen and oxygen atoms in total. The predicted molar refractivity (Wildman–Crippen MR) is 95.6 cm³/mol. The monoisotopic (exact) mass is 331 g/mol. The van der Waals surface area contributed by atoms with E-state index >= 15 is 0 Å². The number of benzene rings is 1. The van der Waals surface area contributed by atoms with E-state index in [9.17, 15) is 4.79 Å². The first kappa shape index (κ1) is 15.3. The zero-order valence-electron chi connectivity index (χ0n) is 13.6. The maximum Gasteiger partial charge on any atom is 0.249 e. The highest BCUT2D eigenvalue weighted by Gasteiger charge is 2.15. The van der Waals surface area contributed by atoms with Gasteiger partial charge in [-0.1, -0.05) is 36.4 Å². The molecule has 1 aliphatic carbocycles. The summed E-state index contributed by atoms with van der Waals surface area (Å²) in [6.45, 7) is 0. The molecule has 0 aliphatic heterocycles. The molecule has 0 saturated carbocycles.